The minimum atomic E-state index is -0.172. The molecular weight excluding hydrogens is 304 g/mol. The molecule has 1 aliphatic heterocycles. The molecular formula is C18H18N4O2. The van der Waals surface area contributed by atoms with Crippen molar-refractivity contribution in [3.63, 3.8) is 0 Å². The summed E-state index contributed by atoms with van der Waals surface area (Å²) in [5.74, 6) is -0.172. The van der Waals surface area contributed by atoms with Crippen molar-refractivity contribution in [2.24, 2.45) is 0 Å². The van der Waals surface area contributed by atoms with E-state index in [1.807, 2.05) is 36.4 Å². The number of aromatic amines is 1. The number of nitrogens with zero attached hydrogens (tertiary/aromatic N) is 2. The van der Waals surface area contributed by atoms with Crippen LogP contribution in [0.2, 0.25) is 0 Å². The number of anilines is 2. The third-order valence-corrected chi connectivity index (χ3v) is 4.14. The summed E-state index contributed by atoms with van der Waals surface area (Å²) in [6.07, 6.45) is 1.71. The molecule has 0 radical (unpaired) electrons. The summed E-state index contributed by atoms with van der Waals surface area (Å²) >= 11 is 0. The van der Waals surface area contributed by atoms with Crippen LogP contribution in [0, 0.1) is 0 Å². The Kier molecular flexibility index (Phi) is 3.88. The van der Waals surface area contributed by atoms with Gasteiger partial charge in [0.1, 0.15) is 5.69 Å². The number of ether oxygens (including phenoxy) is 1. The Labute approximate surface area is 139 Å². The molecule has 4 rings (SSSR count). The van der Waals surface area contributed by atoms with E-state index in [4.69, 9.17) is 4.74 Å². The Bertz CT molecular complexity index is 835. The van der Waals surface area contributed by atoms with Gasteiger partial charge in [0.05, 0.1) is 35.6 Å². The minimum Gasteiger partial charge on any atom is -0.378 e. The predicted octanol–water partition coefficient (Wildman–Crippen LogP) is 2.65. The summed E-state index contributed by atoms with van der Waals surface area (Å²) < 4.78 is 5.40. The maximum Gasteiger partial charge on any atom is 0.272 e. The fraction of sp³-hybridized carbons (Fsp3) is 0.222. The molecule has 1 amide bonds. The molecule has 122 valence electrons. The summed E-state index contributed by atoms with van der Waals surface area (Å²) in [5, 5.41) is 3.00. The number of nitrogens with one attached hydrogen (secondary N) is 2. The van der Waals surface area contributed by atoms with E-state index in [1.165, 1.54) is 0 Å². The van der Waals surface area contributed by atoms with Gasteiger partial charge in [0.15, 0.2) is 0 Å². The van der Waals surface area contributed by atoms with Crippen molar-refractivity contribution >= 4 is 28.3 Å². The molecule has 0 atom stereocenters. The van der Waals surface area contributed by atoms with Crippen molar-refractivity contribution in [2.45, 2.75) is 0 Å². The largest absolute Gasteiger partial charge is 0.378 e. The van der Waals surface area contributed by atoms with Gasteiger partial charge in [-0.15, -0.1) is 0 Å². The Morgan fingerprint density at radius 2 is 2.00 bits per heavy atom. The lowest BCUT2D eigenvalue weighted by Crippen LogP contribution is -2.36. The molecule has 3 aromatic rings. The summed E-state index contributed by atoms with van der Waals surface area (Å²) in [6.45, 7) is 3.05. The summed E-state index contributed by atoms with van der Waals surface area (Å²) in [7, 11) is 0. The van der Waals surface area contributed by atoms with E-state index >= 15 is 0 Å². The van der Waals surface area contributed by atoms with E-state index in [9.17, 15) is 4.79 Å². The second kappa shape index (κ2) is 6.33. The van der Waals surface area contributed by atoms with Crippen LogP contribution in [-0.4, -0.2) is 42.2 Å². The molecule has 0 saturated carbocycles. The molecule has 6 nitrogen and oxygen atoms in total. The van der Waals surface area contributed by atoms with Gasteiger partial charge in [-0.3, -0.25) is 9.78 Å². The van der Waals surface area contributed by atoms with Gasteiger partial charge in [0, 0.05) is 19.3 Å². The fourth-order valence-electron chi connectivity index (χ4n) is 2.93. The van der Waals surface area contributed by atoms with Crippen molar-refractivity contribution < 1.29 is 9.53 Å². The van der Waals surface area contributed by atoms with E-state index in [-0.39, 0.29) is 5.91 Å². The van der Waals surface area contributed by atoms with Crippen LogP contribution in [0.4, 0.5) is 11.4 Å². The monoisotopic (exact) mass is 322 g/mol. The zero-order valence-electron chi connectivity index (χ0n) is 13.2. The van der Waals surface area contributed by atoms with E-state index in [0.717, 1.165) is 35.5 Å². The standard InChI is InChI=1S/C18H18N4O2/c23-18(16-12-15-13(20-16)5-3-7-19-15)21-14-4-1-2-6-17(14)22-8-10-24-11-9-22/h1-7,12,20H,8-11H2,(H,21,23). The first-order valence-corrected chi connectivity index (χ1v) is 7.98. The fourth-order valence-corrected chi connectivity index (χ4v) is 2.93. The number of benzene rings is 1. The number of rotatable bonds is 3. The highest BCUT2D eigenvalue weighted by Gasteiger charge is 2.17. The van der Waals surface area contributed by atoms with Gasteiger partial charge in [0.2, 0.25) is 0 Å². The summed E-state index contributed by atoms with van der Waals surface area (Å²) in [4.78, 5) is 22.2. The van der Waals surface area contributed by atoms with Crippen molar-refractivity contribution in [2.75, 3.05) is 36.5 Å². The molecule has 3 heterocycles. The molecule has 0 aliphatic carbocycles. The number of H-pyrrole nitrogens is 1. The predicted molar refractivity (Wildman–Crippen MR) is 93.5 cm³/mol. The third kappa shape index (κ3) is 2.83. The topological polar surface area (TPSA) is 70.2 Å². The van der Waals surface area contributed by atoms with Gasteiger partial charge in [0.25, 0.3) is 5.91 Å². The van der Waals surface area contributed by atoms with Gasteiger partial charge in [-0.1, -0.05) is 12.1 Å². The third-order valence-electron chi connectivity index (χ3n) is 4.14. The molecule has 1 saturated heterocycles. The Hall–Kier alpha value is -2.86. The van der Waals surface area contributed by atoms with Crippen molar-refractivity contribution in [1.29, 1.82) is 0 Å². The number of pyridine rings is 1. The highest BCUT2D eigenvalue weighted by atomic mass is 16.5. The number of aromatic nitrogens is 2. The van der Waals surface area contributed by atoms with Gasteiger partial charge in [-0.05, 0) is 30.3 Å². The van der Waals surface area contributed by atoms with Gasteiger partial charge < -0.3 is 19.9 Å². The van der Waals surface area contributed by atoms with Gasteiger partial charge >= 0.3 is 0 Å². The first-order chi connectivity index (χ1) is 11.8. The second-order valence-electron chi connectivity index (χ2n) is 5.69. The lowest BCUT2D eigenvalue weighted by molar-refractivity contribution is 0.102. The molecule has 0 bridgehead atoms. The summed E-state index contributed by atoms with van der Waals surface area (Å²) in [6, 6.07) is 13.4. The van der Waals surface area contributed by atoms with E-state index < -0.39 is 0 Å². The van der Waals surface area contributed by atoms with Crippen LogP contribution in [0.1, 0.15) is 10.5 Å². The molecule has 1 aliphatic rings. The van der Waals surface area contributed by atoms with Gasteiger partial charge in [-0.2, -0.15) is 0 Å². The maximum absolute atomic E-state index is 12.6. The van der Waals surface area contributed by atoms with Crippen LogP contribution in [0.3, 0.4) is 0 Å². The van der Waals surface area contributed by atoms with Gasteiger partial charge in [-0.25, -0.2) is 0 Å². The Morgan fingerprint density at radius 3 is 2.83 bits per heavy atom. The SMILES string of the molecule is O=C(Nc1ccccc1N1CCOCC1)c1cc2ncccc2[nH]1. The van der Waals surface area contributed by atoms with Crippen molar-refractivity contribution in [1.82, 2.24) is 9.97 Å². The number of hydrogen-bond acceptors (Lipinski definition) is 4. The zero-order valence-corrected chi connectivity index (χ0v) is 13.2. The maximum atomic E-state index is 12.6. The van der Waals surface area contributed by atoms with Crippen LogP contribution >= 0.6 is 0 Å². The number of morpholine rings is 1. The number of carbonyl (C=O) groups excluding carboxylic acids is 1. The van der Waals surface area contributed by atoms with Crippen LogP contribution < -0.4 is 10.2 Å². The van der Waals surface area contributed by atoms with Crippen LogP contribution in [-0.2, 0) is 4.74 Å². The number of amides is 1. The first-order valence-electron chi connectivity index (χ1n) is 7.98. The number of hydrogen-bond donors (Lipinski definition) is 2. The highest BCUT2D eigenvalue weighted by molar-refractivity contribution is 6.07. The number of carbonyl (C=O) groups is 1. The lowest BCUT2D eigenvalue weighted by Gasteiger charge is -2.30. The normalized spacial score (nSPS) is 14.8. The van der Waals surface area contributed by atoms with Crippen LogP contribution in [0.15, 0.2) is 48.7 Å². The lowest BCUT2D eigenvalue weighted by atomic mass is 10.2. The molecule has 1 fully saturated rings. The number of fused-ring (bicyclic) bond motifs is 1. The Balaban J connectivity index is 1.59. The quantitative estimate of drug-likeness (QED) is 0.778. The molecule has 24 heavy (non-hydrogen) atoms. The Morgan fingerprint density at radius 1 is 1.17 bits per heavy atom. The summed E-state index contributed by atoms with van der Waals surface area (Å²) in [5.41, 5.74) is 3.95. The molecule has 0 unspecified atom stereocenters. The highest BCUT2D eigenvalue weighted by Crippen LogP contribution is 2.27. The average molecular weight is 322 g/mol. The molecule has 0 spiro atoms. The second-order valence-corrected chi connectivity index (χ2v) is 5.69. The molecule has 1 aromatic carbocycles. The van der Waals surface area contributed by atoms with E-state index in [0.29, 0.717) is 18.9 Å². The smallest absolute Gasteiger partial charge is 0.272 e. The van der Waals surface area contributed by atoms with E-state index in [2.05, 4.69) is 20.2 Å². The number of para-hydroxylation sites is 2. The van der Waals surface area contributed by atoms with Crippen molar-refractivity contribution in [3.05, 3.63) is 54.4 Å². The molecule has 2 aromatic heterocycles. The average Bonchev–Trinajstić information content (AvgIpc) is 3.07. The zero-order chi connectivity index (χ0) is 16.4. The minimum absolute atomic E-state index is 0.172. The van der Waals surface area contributed by atoms with E-state index in [1.54, 1.807) is 12.3 Å². The van der Waals surface area contributed by atoms with Crippen molar-refractivity contribution in [3.8, 4) is 0 Å². The van der Waals surface area contributed by atoms with Crippen LogP contribution in [0.5, 0.6) is 0 Å². The first kappa shape index (κ1) is 14.7. The van der Waals surface area contributed by atoms with Crippen LogP contribution in [0.25, 0.3) is 11.0 Å². The molecule has 2 N–H and O–H groups in total. The molecule has 6 heteroatoms.